The molecule has 0 bridgehead atoms. The summed E-state index contributed by atoms with van der Waals surface area (Å²) in [4.78, 5) is 28.8. The number of hydrogen-bond donors (Lipinski definition) is 0. The fraction of sp³-hybridized carbons (Fsp3) is 0.579. The predicted molar refractivity (Wildman–Crippen MR) is 97.6 cm³/mol. The average molecular weight is 382 g/mol. The summed E-state index contributed by atoms with van der Waals surface area (Å²) in [5, 5.41) is 0. The van der Waals surface area contributed by atoms with Gasteiger partial charge in [-0.15, -0.1) is 0 Å². The lowest BCUT2D eigenvalue weighted by atomic mass is 9.78. The molecule has 1 atom stereocenters. The Morgan fingerprint density at radius 2 is 2.08 bits per heavy atom. The first-order chi connectivity index (χ1) is 12.5. The molecule has 4 nitrogen and oxygen atoms in total. The molecule has 0 aliphatic carbocycles. The Morgan fingerprint density at radius 3 is 2.85 bits per heavy atom. The van der Waals surface area contributed by atoms with Gasteiger partial charge in [-0.1, -0.05) is 12.1 Å². The Hall–Kier alpha value is -1.63. The van der Waals surface area contributed by atoms with Gasteiger partial charge in [0.2, 0.25) is 11.8 Å². The lowest BCUT2D eigenvalue weighted by Crippen LogP contribution is -2.50. The van der Waals surface area contributed by atoms with Crippen LogP contribution in [0.3, 0.4) is 0 Å². The second-order valence-corrected chi connectivity index (χ2v) is 8.12. The van der Waals surface area contributed by atoms with Crippen LogP contribution in [0.4, 0.5) is 8.78 Å². The largest absolute Gasteiger partial charge is 0.342 e. The number of benzene rings is 1. The van der Waals surface area contributed by atoms with Gasteiger partial charge in [-0.05, 0) is 31.6 Å². The van der Waals surface area contributed by atoms with E-state index in [9.17, 15) is 18.4 Å². The van der Waals surface area contributed by atoms with Crippen molar-refractivity contribution < 1.29 is 18.4 Å². The zero-order chi connectivity index (χ0) is 18.7. The van der Waals surface area contributed by atoms with Crippen LogP contribution in [0.15, 0.2) is 18.2 Å². The summed E-state index contributed by atoms with van der Waals surface area (Å²) in [7, 11) is 0. The molecule has 1 spiro atoms. The summed E-state index contributed by atoms with van der Waals surface area (Å²) >= 11 is 1.63. The third-order valence-electron chi connectivity index (χ3n) is 5.44. The Balaban J connectivity index is 1.70. The molecule has 0 unspecified atom stereocenters. The Labute approximate surface area is 156 Å². The average Bonchev–Trinajstić information content (AvgIpc) is 3.06. The third-order valence-corrected chi connectivity index (χ3v) is 6.06. The van der Waals surface area contributed by atoms with Crippen molar-refractivity contribution in [3.05, 3.63) is 35.4 Å². The van der Waals surface area contributed by atoms with Gasteiger partial charge in [0.25, 0.3) is 0 Å². The minimum absolute atomic E-state index is 0.0347. The van der Waals surface area contributed by atoms with Crippen molar-refractivity contribution in [3.63, 3.8) is 0 Å². The molecule has 0 N–H and O–H groups in total. The maximum Gasteiger partial charge on any atom is 0.230 e. The number of halogens is 2. The molecular weight excluding hydrogens is 358 g/mol. The monoisotopic (exact) mass is 382 g/mol. The van der Waals surface area contributed by atoms with Crippen molar-refractivity contribution in [3.8, 4) is 0 Å². The molecule has 2 aliphatic rings. The van der Waals surface area contributed by atoms with E-state index in [0.717, 1.165) is 24.7 Å². The lowest BCUT2D eigenvalue weighted by Gasteiger charge is -2.39. The van der Waals surface area contributed by atoms with E-state index >= 15 is 0 Å². The van der Waals surface area contributed by atoms with Gasteiger partial charge in [0.15, 0.2) is 11.6 Å². The van der Waals surface area contributed by atoms with Crippen molar-refractivity contribution in [2.75, 3.05) is 31.6 Å². The SMILES string of the molecule is CSCCC(=O)N1CC[C@]2(CCCN(Cc3cccc(F)c3F)C2=O)C1. The highest BCUT2D eigenvalue weighted by Crippen LogP contribution is 2.40. The summed E-state index contributed by atoms with van der Waals surface area (Å²) in [5.41, 5.74) is -0.363. The van der Waals surface area contributed by atoms with E-state index < -0.39 is 17.0 Å². The Bertz CT molecular complexity index is 700. The first kappa shape index (κ1) is 19.1. The van der Waals surface area contributed by atoms with Crippen molar-refractivity contribution in [2.45, 2.75) is 32.2 Å². The zero-order valence-corrected chi connectivity index (χ0v) is 15.8. The van der Waals surface area contributed by atoms with E-state index in [2.05, 4.69) is 0 Å². The second kappa shape index (κ2) is 7.94. The fourth-order valence-corrected chi connectivity index (χ4v) is 4.37. The molecule has 2 saturated heterocycles. The van der Waals surface area contributed by atoms with Crippen LogP contribution < -0.4 is 0 Å². The van der Waals surface area contributed by atoms with Gasteiger partial charge in [-0.2, -0.15) is 11.8 Å². The van der Waals surface area contributed by atoms with Crippen LogP contribution in [-0.4, -0.2) is 53.3 Å². The summed E-state index contributed by atoms with van der Waals surface area (Å²) < 4.78 is 27.4. The van der Waals surface area contributed by atoms with Crippen LogP contribution in [0.1, 0.15) is 31.2 Å². The quantitative estimate of drug-likeness (QED) is 0.786. The standard InChI is InChI=1S/C19H24F2N2O2S/c1-26-11-6-16(24)23-10-8-19(13-23)7-3-9-22(18(19)25)12-14-4-2-5-15(20)17(14)21/h2,4-5H,3,6-13H2,1H3/t19-/m1/s1. The normalized spacial score (nSPS) is 23.1. The second-order valence-electron chi connectivity index (χ2n) is 7.13. The van der Waals surface area contributed by atoms with Gasteiger partial charge in [-0.25, -0.2) is 8.78 Å². The zero-order valence-electron chi connectivity index (χ0n) is 15.0. The van der Waals surface area contributed by atoms with Gasteiger partial charge in [0.05, 0.1) is 5.41 Å². The van der Waals surface area contributed by atoms with Gasteiger partial charge in [-0.3, -0.25) is 9.59 Å². The molecule has 2 fully saturated rings. The van der Waals surface area contributed by atoms with E-state index in [1.165, 1.54) is 12.1 Å². The molecule has 26 heavy (non-hydrogen) atoms. The van der Waals surface area contributed by atoms with E-state index in [-0.39, 0.29) is 23.9 Å². The van der Waals surface area contributed by atoms with Gasteiger partial charge in [0.1, 0.15) is 0 Å². The van der Waals surface area contributed by atoms with Crippen molar-refractivity contribution >= 4 is 23.6 Å². The van der Waals surface area contributed by atoms with E-state index in [0.29, 0.717) is 32.5 Å². The topological polar surface area (TPSA) is 40.6 Å². The predicted octanol–water partition coefficient (Wildman–Crippen LogP) is 3.06. The highest BCUT2D eigenvalue weighted by molar-refractivity contribution is 7.98. The maximum absolute atomic E-state index is 14.0. The van der Waals surface area contributed by atoms with Crippen LogP contribution in [0, 0.1) is 17.0 Å². The molecule has 3 rings (SSSR count). The number of thioether (sulfide) groups is 1. The van der Waals surface area contributed by atoms with E-state index in [1.807, 2.05) is 6.26 Å². The molecule has 1 aromatic carbocycles. The molecule has 7 heteroatoms. The maximum atomic E-state index is 14.0. The summed E-state index contributed by atoms with van der Waals surface area (Å²) in [6, 6.07) is 4.05. The molecule has 2 aliphatic heterocycles. The van der Waals surface area contributed by atoms with Crippen molar-refractivity contribution in [1.82, 2.24) is 9.80 Å². The fourth-order valence-electron chi connectivity index (χ4n) is 3.99. The molecule has 0 saturated carbocycles. The number of carbonyl (C=O) groups excluding carboxylic acids is 2. The molecule has 0 radical (unpaired) electrons. The van der Waals surface area contributed by atoms with Crippen LogP contribution in [0.2, 0.25) is 0 Å². The summed E-state index contributed by atoms with van der Waals surface area (Å²) in [6.07, 6.45) is 4.67. The molecular formula is C19H24F2N2O2S. The third kappa shape index (κ3) is 3.72. The van der Waals surface area contributed by atoms with Gasteiger partial charge >= 0.3 is 0 Å². The molecule has 142 valence electrons. The Kier molecular flexibility index (Phi) is 5.85. The summed E-state index contributed by atoms with van der Waals surface area (Å²) in [6.45, 7) is 1.66. The Morgan fingerprint density at radius 1 is 1.27 bits per heavy atom. The first-order valence-electron chi connectivity index (χ1n) is 8.96. The highest BCUT2D eigenvalue weighted by atomic mass is 32.2. The molecule has 2 amide bonds. The van der Waals surface area contributed by atoms with Crippen LogP contribution in [0.25, 0.3) is 0 Å². The number of piperidine rings is 1. The van der Waals surface area contributed by atoms with E-state index in [4.69, 9.17) is 0 Å². The number of nitrogens with zero attached hydrogens (tertiary/aromatic N) is 2. The number of amides is 2. The van der Waals surface area contributed by atoms with Crippen LogP contribution >= 0.6 is 11.8 Å². The van der Waals surface area contributed by atoms with Crippen molar-refractivity contribution in [1.29, 1.82) is 0 Å². The molecule has 1 aromatic rings. The highest BCUT2D eigenvalue weighted by Gasteiger charge is 2.49. The minimum atomic E-state index is -0.895. The van der Waals surface area contributed by atoms with Gasteiger partial charge < -0.3 is 9.80 Å². The first-order valence-corrected chi connectivity index (χ1v) is 10.4. The summed E-state index contributed by atoms with van der Waals surface area (Å²) in [5.74, 6) is -0.945. The lowest BCUT2D eigenvalue weighted by molar-refractivity contribution is -0.146. The van der Waals surface area contributed by atoms with Crippen LogP contribution in [0.5, 0.6) is 0 Å². The molecule has 2 heterocycles. The molecule has 0 aromatic heterocycles. The minimum Gasteiger partial charge on any atom is -0.342 e. The number of likely N-dealkylation sites (tertiary alicyclic amines) is 2. The van der Waals surface area contributed by atoms with Gasteiger partial charge in [0, 0.05) is 43.9 Å². The number of carbonyl (C=O) groups is 2. The van der Waals surface area contributed by atoms with Crippen LogP contribution in [-0.2, 0) is 16.1 Å². The smallest absolute Gasteiger partial charge is 0.230 e. The number of rotatable bonds is 5. The van der Waals surface area contributed by atoms with Crippen molar-refractivity contribution in [2.24, 2.45) is 5.41 Å². The van der Waals surface area contributed by atoms with E-state index in [1.54, 1.807) is 21.6 Å². The number of hydrogen-bond acceptors (Lipinski definition) is 3.